The number of hydrogen-bond acceptors (Lipinski definition) is 15. The molecule has 0 bridgehead atoms. The molecule has 0 saturated heterocycles. The Morgan fingerprint density at radius 3 is 0.756 bits per heavy atom. The van der Waals surface area contributed by atoms with Gasteiger partial charge in [-0.2, -0.15) is 0 Å². The maximum absolute atomic E-state index is 13.0. The molecule has 0 heterocycles. The van der Waals surface area contributed by atoms with E-state index in [2.05, 4.69) is 41.5 Å². The zero-order chi connectivity index (χ0) is 66.5. The molecule has 0 aliphatic rings. The van der Waals surface area contributed by atoms with Gasteiger partial charge in [-0.15, -0.1) is 0 Å². The van der Waals surface area contributed by atoms with Crippen molar-refractivity contribution >= 4 is 39.5 Å². The lowest BCUT2D eigenvalue weighted by Gasteiger charge is -2.21. The van der Waals surface area contributed by atoms with Crippen LogP contribution in [0.5, 0.6) is 0 Å². The van der Waals surface area contributed by atoms with Crippen LogP contribution in [0.3, 0.4) is 0 Å². The summed E-state index contributed by atoms with van der Waals surface area (Å²) in [7, 11) is -9.90. The number of aliphatic hydroxyl groups is 1. The van der Waals surface area contributed by atoms with Crippen molar-refractivity contribution in [3.8, 4) is 0 Å². The lowest BCUT2D eigenvalue weighted by molar-refractivity contribution is -0.161. The molecular weight excluding hydrogens is 1190 g/mol. The van der Waals surface area contributed by atoms with E-state index in [9.17, 15) is 43.2 Å². The third-order valence-electron chi connectivity index (χ3n) is 16.5. The van der Waals surface area contributed by atoms with Gasteiger partial charge in [0.25, 0.3) is 0 Å². The van der Waals surface area contributed by atoms with Gasteiger partial charge in [0.1, 0.15) is 19.3 Å². The molecule has 0 amide bonds. The number of carbonyl (C=O) groups excluding carboxylic acids is 4. The number of hydrogen-bond donors (Lipinski definition) is 3. The number of aliphatic hydroxyl groups excluding tert-OH is 1. The topological polar surface area (TPSA) is 237 Å². The highest BCUT2D eigenvalue weighted by molar-refractivity contribution is 7.47. The molecule has 0 aliphatic heterocycles. The molecule has 5 atom stereocenters. The first kappa shape index (κ1) is 88.1. The number of ether oxygens (including phenoxy) is 4. The summed E-state index contributed by atoms with van der Waals surface area (Å²) in [5, 5.41) is 10.6. The van der Waals surface area contributed by atoms with Crippen LogP contribution in [0.1, 0.15) is 363 Å². The monoisotopic (exact) mass is 1320 g/mol. The Balaban J connectivity index is 5.21. The van der Waals surface area contributed by atoms with Gasteiger partial charge in [-0.05, 0) is 37.5 Å². The summed E-state index contributed by atoms with van der Waals surface area (Å²) >= 11 is 0. The van der Waals surface area contributed by atoms with Crippen molar-refractivity contribution < 1.29 is 80.2 Å². The minimum atomic E-state index is -4.95. The molecule has 0 aromatic rings. The van der Waals surface area contributed by atoms with Gasteiger partial charge < -0.3 is 33.8 Å². The summed E-state index contributed by atoms with van der Waals surface area (Å²) in [5.41, 5.74) is 0. The van der Waals surface area contributed by atoms with Gasteiger partial charge >= 0.3 is 39.5 Å². The van der Waals surface area contributed by atoms with Crippen molar-refractivity contribution in [2.24, 2.45) is 11.8 Å². The van der Waals surface area contributed by atoms with Gasteiger partial charge in [-0.1, -0.05) is 311 Å². The van der Waals surface area contributed by atoms with Gasteiger partial charge in [0.2, 0.25) is 0 Å². The Morgan fingerprint density at radius 1 is 0.300 bits per heavy atom. The lowest BCUT2D eigenvalue weighted by Crippen LogP contribution is -2.30. The number of rotatable bonds is 70. The maximum Gasteiger partial charge on any atom is 0.472 e. The molecule has 0 saturated carbocycles. The second-order valence-corrected chi connectivity index (χ2v) is 29.5. The van der Waals surface area contributed by atoms with E-state index < -0.39 is 97.5 Å². The van der Waals surface area contributed by atoms with Crippen molar-refractivity contribution in [2.75, 3.05) is 39.6 Å². The fraction of sp³-hybridized carbons (Fsp3) is 0.944. The minimum absolute atomic E-state index is 0.107. The largest absolute Gasteiger partial charge is 0.472 e. The van der Waals surface area contributed by atoms with Gasteiger partial charge in [-0.25, -0.2) is 9.13 Å². The first-order valence-electron chi connectivity index (χ1n) is 37.0. The molecule has 2 unspecified atom stereocenters. The average Bonchev–Trinajstić information content (AvgIpc) is 2.78. The number of phosphoric ester groups is 2. The Kier molecular flexibility index (Phi) is 61.8. The highest BCUT2D eigenvalue weighted by atomic mass is 31.2. The van der Waals surface area contributed by atoms with E-state index in [1.807, 2.05) is 0 Å². The molecule has 534 valence electrons. The van der Waals surface area contributed by atoms with E-state index in [4.69, 9.17) is 37.0 Å². The third-order valence-corrected chi connectivity index (χ3v) is 18.4. The quantitative estimate of drug-likeness (QED) is 0.0222. The molecular formula is C71H138O17P2. The van der Waals surface area contributed by atoms with Gasteiger partial charge in [0, 0.05) is 25.7 Å². The number of carbonyl (C=O) groups is 4. The summed E-state index contributed by atoms with van der Waals surface area (Å²) in [6.45, 7) is 9.54. The molecule has 0 aromatic heterocycles. The van der Waals surface area contributed by atoms with E-state index in [-0.39, 0.29) is 25.7 Å². The van der Waals surface area contributed by atoms with Crippen LogP contribution in [0.25, 0.3) is 0 Å². The molecule has 0 aliphatic carbocycles. The van der Waals surface area contributed by atoms with Crippen LogP contribution in [0.2, 0.25) is 0 Å². The SMILES string of the molecule is CCCCCCCCCCCCCC(=O)O[C@H](COC(=O)CCCCCCCCCCCC)COP(=O)(O)OC[C@H](O)COP(=O)(O)OC[C@@H](COC(=O)CCCCCCCCCCC(C)C)OC(=O)CCCCCCCCCCCCCCCCCC(C)C. The molecule has 0 rings (SSSR count). The normalized spacial score (nSPS) is 14.1. The fourth-order valence-electron chi connectivity index (χ4n) is 10.8. The number of unbranched alkanes of at least 4 members (excludes halogenated alkanes) is 40. The molecule has 0 spiro atoms. The highest BCUT2D eigenvalue weighted by Crippen LogP contribution is 2.45. The smallest absolute Gasteiger partial charge is 0.462 e. The number of phosphoric acid groups is 2. The van der Waals surface area contributed by atoms with Crippen LogP contribution in [0, 0.1) is 11.8 Å². The van der Waals surface area contributed by atoms with Gasteiger partial charge in [0.05, 0.1) is 26.4 Å². The Labute approximate surface area is 549 Å². The maximum atomic E-state index is 13.0. The molecule has 3 N–H and O–H groups in total. The third kappa shape index (κ3) is 64.8. The van der Waals surface area contributed by atoms with E-state index in [0.717, 1.165) is 102 Å². The second kappa shape index (κ2) is 63.1. The first-order chi connectivity index (χ1) is 43.4. The van der Waals surface area contributed by atoms with Crippen LogP contribution in [0.4, 0.5) is 0 Å². The summed E-state index contributed by atoms with van der Waals surface area (Å²) in [4.78, 5) is 72.5. The van der Waals surface area contributed by atoms with E-state index >= 15 is 0 Å². The fourth-order valence-corrected chi connectivity index (χ4v) is 12.3. The molecule has 0 radical (unpaired) electrons. The average molecular weight is 1330 g/mol. The summed E-state index contributed by atoms with van der Waals surface area (Å²) in [5.74, 6) is -0.594. The molecule has 19 heteroatoms. The molecule has 0 aromatic carbocycles. The molecule has 17 nitrogen and oxygen atoms in total. The summed E-state index contributed by atoms with van der Waals surface area (Å²) < 4.78 is 68.3. The summed E-state index contributed by atoms with van der Waals surface area (Å²) in [6.07, 6.45) is 48.5. The van der Waals surface area contributed by atoms with E-state index in [1.165, 1.54) is 180 Å². The lowest BCUT2D eigenvalue weighted by atomic mass is 10.0. The summed E-state index contributed by atoms with van der Waals surface area (Å²) in [6, 6.07) is 0. The Morgan fingerprint density at radius 2 is 0.511 bits per heavy atom. The Hall–Kier alpha value is -1.94. The number of esters is 4. The highest BCUT2D eigenvalue weighted by Gasteiger charge is 2.30. The van der Waals surface area contributed by atoms with Crippen LogP contribution in [0.15, 0.2) is 0 Å². The first-order valence-corrected chi connectivity index (χ1v) is 40.0. The zero-order valence-electron chi connectivity index (χ0n) is 58.4. The van der Waals surface area contributed by atoms with Crippen molar-refractivity contribution in [3.05, 3.63) is 0 Å². The zero-order valence-corrected chi connectivity index (χ0v) is 60.2. The van der Waals surface area contributed by atoms with Crippen LogP contribution in [-0.2, 0) is 65.4 Å². The minimum Gasteiger partial charge on any atom is -0.462 e. The van der Waals surface area contributed by atoms with Crippen LogP contribution < -0.4 is 0 Å². The molecule has 90 heavy (non-hydrogen) atoms. The van der Waals surface area contributed by atoms with Crippen molar-refractivity contribution in [3.63, 3.8) is 0 Å². The van der Waals surface area contributed by atoms with Crippen LogP contribution in [-0.4, -0.2) is 96.7 Å². The predicted molar refractivity (Wildman–Crippen MR) is 363 cm³/mol. The van der Waals surface area contributed by atoms with Crippen molar-refractivity contribution in [2.45, 2.75) is 381 Å². The standard InChI is InChI=1S/C71H138O17P2/c1-7-9-11-13-15-17-24-29-37-43-49-55-70(75)87-66(59-81-68(73)53-47-41-35-28-18-16-14-12-10-8-2)61-85-89(77,78)83-57-65(72)58-84-90(79,80)86-62-67(60-82-69(74)54-48-42-36-32-31-34-40-46-52-64(5)6)88-71(76)56-50-44-38-30-26-23-21-19-20-22-25-27-33-39-45-51-63(3)4/h63-67,72H,7-62H2,1-6H3,(H,77,78)(H,79,80)/t65-,66+,67+/m0/s1. The van der Waals surface area contributed by atoms with E-state index in [0.29, 0.717) is 25.7 Å². The van der Waals surface area contributed by atoms with Crippen molar-refractivity contribution in [1.82, 2.24) is 0 Å². The predicted octanol–water partition coefficient (Wildman–Crippen LogP) is 20.4. The van der Waals surface area contributed by atoms with Gasteiger partial charge in [-0.3, -0.25) is 37.3 Å². The van der Waals surface area contributed by atoms with Crippen LogP contribution >= 0.6 is 15.6 Å². The van der Waals surface area contributed by atoms with E-state index in [1.54, 1.807) is 0 Å². The van der Waals surface area contributed by atoms with Gasteiger partial charge in [0.15, 0.2) is 12.2 Å². The Bertz CT molecular complexity index is 1750. The second-order valence-electron chi connectivity index (χ2n) is 26.6. The molecule has 0 fully saturated rings. The van der Waals surface area contributed by atoms with Crippen molar-refractivity contribution in [1.29, 1.82) is 0 Å².